The van der Waals surface area contributed by atoms with Gasteiger partial charge in [-0.15, -0.1) is 0 Å². The molecule has 258 valence electrons. The van der Waals surface area contributed by atoms with E-state index < -0.39 is 0 Å². The van der Waals surface area contributed by atoms with E-state index in [2.05, 4.69) is 44.6 Å². The molecule has 0 saturated carbocycles. The third kappa shape index (κ3) is 7.52. The number of halogens is 5. The smallest absolute Gasteiger partial charge is 0.317 e. The van der Waals surface area contributed by atoms with Crippen LogP contribution in [0.4, 0.5) is 28.8 Å². The number of fused-ring (bicyclic) bond motifs is 2. The van der Waals surface area contributed by atoms with Crippen molar-refractivity contribution < 1.29 is 0 Å². The first-order valence-corrected chi connectivity index (χ1v) is 18.6. The first-order valence-electron chi connectivity index (χ1n) is 16.3. The van der Waals surface area contributed by atoms with Gasteiger partial charge in [-0.1, -0.05) is 85.7 Å². The molecule has 0 bridgehead atoms. The molecular weight excluding hydrogens is 772 g/mol. The fraction of sp³-hybridized carbons (Fsp3) is 0.400. The summed E-state index contributed by atoms with van der Waals surface area (Å²) in [5.41, 5.74) is 3.34. The Labute approximate surface area is 314 Å². The number of anilines is 4. The average molecular weight is 808 g/mol. The van der Waals surface area contributed by atoms with Crippen LogP contribution in [0.1, 0.15) is 76.6 Å². The zero-order valence-corrected chi connectivity index (χ0v) is 32.2. The van der Waals surface area contributed by atoms with Crippen molar-refractivity contribution >= 4 is 91.2 Å². The maximum atomic E-state index is 13.1. The van der Waals surface area contributed by atoms with Crippen molar-refractivity contribution in [1.29, 1.82) is 0 Å². The molecule has 2 aromatic heterocycles. The molecule has 4 heterocycles. The minimum absolute atomic E-state index is 0.0394. The normalized spacial score (nSPS) is 13.4. The Morgan fingerprint density at radius 1 is 0.735 bits per heavy atom. The van der Waals surface area contributed by atoms with E-state index in [1.54, 1.807) is 33.7 Å². The van der Waals surface area contributed by atoms with E-state index in [0.29, 0.717) is 43.6 Å². The summed E-state index contributed by atoms with van der Waals surface area (Å²) < 4.78 is 4.05. The third-order valence-electron chi connectivity index (χ3n) is 9.05. The molecule has 0 aliphatic carbocycles. The zero-order valence-electron chi connectivity index (χ0n) is 27.6. The second kappa shape index (κ2) is 15.9. The van der Waals surface area contributed by atoms with Crippen LogP contribution in [0.3, 0.4) is 0 Å². The van der Waals surface area contributed by atoms with Crippen LogP contribution < -0.4 is 20.9 Å². The van der Waals surface area contributed by atoms with Gasteiger partial charge in [0, 0.05) is 47.6 Å². The van der Waals surface area contributed by atoms with Crippen molar-refractivity contribution in [1.82, 2.24) is 19.1 Å². The summed E-state index contributed by atoms with van der Waals surface area (Å²) in [7, 11) is 0. The molecule has 2 aliphatic rings. The van der Waals surface area contributed by atoms with Crippen LogP contribution in [0.2, 0.25) is 20.1 Å². The second-order valence-electron chi connectivity index (χ2n) is 11.9. The van der Waals surface area contributed by atoms with Crippen molar-refractivity contribution in [2.45, 2.75) is 78.3 Å². The molecule has 2 aromatic carbocycles. The van der Waals surface area contributed by atoms with Gasteiger partial charge in [0.25, 0.3) is 17.2 Å². The van der Waals surface area contributed by atoms with Gasteiger partial charge in [0.2, 0.25) is 5.82 Å². The van der Waals surface area contributed by atoms with Crippen LogP contribution in [0.5, 0.6) is 0 Å². The minimum Gasteiger partial charge on any atom is -0.359 e. The minimum atomic E-state index is -0.194. The third-order valence-corrected chi connectivity index (χ3v) is 10.4. The van der Waals surface area contributed by atoms with Crippen LogP contribution in [-0.2, 0) is 12.8 Å². The monoisotopic (exact) mass is 805 g/mol. The highest BCUT2D eigenvalue weighted by molar-refractivity contribution is 9.10. The van der Waals surface area contributed by atoms with Crippen LogP contribution in [0, 0.1) is 6.57 Å². The highest BCUT2D eigenvalue weighted by atomic mass is 79.9. The number of rotatable bonds is 8. The lowest BCUT2D eigenvalue weighted by Gasteiger charge is -2.23. The molecule has 49 heavy (non-hydrogen) atoms. The molecular formula is C35H36BrCl4N7O2. The molecule has 0 atom stereocenters. The molecule has 0 radical (unpaired) electrons. The molecule has 2 aliphatic heterocycles. The molecule has 0 spiro atoms. The number of hydrogen-bond acceptors (Lipinski definition) is 6. The van der Waals surface area contributed by atoms with Crippen LogP contribution in [-0.4, -0.2) is 32.2 Å². The van der Waals surface area contributed by atoms with Crippen molar-refractivity contribution in [3.8, 4) is 0 Å². The molecule has 14 heteroatoms. The summed E-state index contributed by atoms with van der Waals surface area (Å²) in [6.07, 6.45) is 8.23. The quantitative estimate of drug-likeness (QED) is 0.165. The van der Waals surface area contributed by atoms with Gasteiger partial charge in [-0.3, -0.25) is 9.59 Å². The van der Waals surface area contributed by atoms with E-state index in [1.807, 2.05) is 35.8 Å². The summed E-state index contributed by atoms with van der Waals surface area (Å²) in [6, 6.07) is 7.33. The van der Waals surface area contributed by atoms with Crippen molar-refractivity contribution in [3.63, 3.8) is 0 Å². The number of aromatic nitrogens is 4. The maximum absolute atomic E-state index is 13.1. The lowest BCUT2D eigenvalue weighted by atomic mass is 10.1. The van der Waals surface area contributed by atoms with Crippen molar-refractivity contribution in [2.24, 2.45) is 0 Å². The fourth-order valence-electron chi connectivity index (χ4n) is 6.60. The van der Waals surface area contributed by atoms with E-state index in [1.165, 1.54) is 0 Å². The average Bonchev–Trinajstić information content (AvgIpc) is 3.69. The standard InChI is InChI=1S/C18H18Cl2N4O.C17H18BrCl2N3O/c1-4-13(5-2)24-10-15(21-3)22-17(18(24)25)23-7-6-11-8-12(19)9-14(20)16(11)23;1-3-12(4-2)23-9-14(18)21-16(17(23)24)22-6-5-10-7-11(19)8-13(20)15(10)22/h8-10,13H,4-7H2,1-2H3;7-9,12H,3-6H2,1-2H3. The Hall–Kier alpha value is -3.07. The SMILES string of the molecule is CCC(CC)n1cc(Br)nc(N2CCc3cc(Cl)cc(Cl)c32)c1=O.[C-]#[N+]c1cn(C(CC)CC)c(=O)c(N2CCc3cc(Cl)cc(Cl)c32)n1. The number of nitrogens with zero attached hydrogens (tertiary/aromatic N) is 7. The first kappa shape index (κ1) is 37.2. The van der Waals surface area contributed by atoms with Crippen molar-refractivity contribution in [2.75, 3.05) is 22.9 Å². The highest BCUT2D eigenvalue weighted by Gasteiger charge is 2.31. The van der Waals surface area contributed by atoms with E-state index in [9.17, 15) is 9.59 Å². The first-order chi connectivity index (χ1) is 23.4. The Bertz CT molecular complexity index is 2040. The predicted octanol–water partition coefficient (Wildman–Crippen LogP) is 10.5. The molecule has 0 saturated heterocycles. The van der Waals surface area contributed by atoms with Gasteiger partial charge in [-0.05, 0) is 89.8 Å². The molecule has 0 amide bonds. The largest absolute Gasteiger partial charge is 0.359 e. The summed E-state index contributed by atoms with van der Waals surface area (Å²) in [5.74, 6) is 0.864. The molecule has 9 nitrogen and oxygen atoms in total. The van der Waals surface area contributed by atoms with E-state index >= 15 is 0 Å². The lowest BCUT2D eigenvalue weighted by Crippen LogP contribution is -2.31. The van der Waals surface area contributed by atoms with Gasteiger partial charge in [0.15, 0.2) is 0 Å². The van der Waals surface area contributed by atoms with Crippen LogP contribution in [0.15, 0.2) is 50.9 Å². The zero-order chi connectivity index (χ0) is 35.6. The number of hydrogen-bond donors (Lipinski definition) is 0. The van der Waals surface area contributed by atoms with Gasteiger partial charge >= 0.3 is 5.56 Å². The Morgan fingerprint density at radius 3 is 1.59 bits per heavy atom. The fourth-order valence-corrected chi connectivity index (χ4v) is 8.26. The highest BCUT2D eigenvalue weighted by Crippen LogP contribution is 2.42. The van der Waals surface area contributed by atoms with E-state index in [-0.39, 0.29) is 34.8 Å². The summed E-state index contributed by atoms with van der Waals surface area (Å²) >= 11 is 28.4. The topological polar surface area (TPSA) is 80.6 Å². The Morgan fingerprint density at radius 2 is 1.16 bits per heavy atom. The second-order valence-corrected chi connectivity index (χ2v) is 14.4. The molecule has 4 aromatic rings. The van der Waals surface area contributed by atoms with Gasteiger partial charge in [0.1, 0.15) is 4.60 Å². The molecule has 6 rings (SSSR count). The number of benzene rings is 2. The Balaban J connectivity index is 0.000000191. The van der Waals surface area contributed by atoms with Crippen LogP contribution >= 0.6 is 62.3 Å². The summed E-state index contributed by atoms with van der Waals surface area (Å²) in [6.45, 7) is 16.8. The Kier molecular flexibility index (Phi) is 12.0. The lowest BCUT2D eigenvalue weighted by molar-refractivity contribution is 0.455. The summed E-state index contributed by atoms with van der Waals surface area (Å²) in [4.78, 5) is 42.0. The molecule has 0 N–H and O–H groups in total. The maximum Gasteiger partial charge on any atom is 0.317 e. The van der Waals surface area contributed by atoms with Crippen molar-refractivity contribution in [3.05, 3.63) is 105 Å². The van der Waals surface area contributed by atoms with Gasteiger partial charge < -0.3 is 23.8 Å². The van der Waals surface area contributed by atoms with E-state index in [4.69, 9.17) is 53.0 Å². The summed E-state index contributed by atoms with van der Waals surface area (Å²) in [5, 5.41) is 2.22. The van der Waals surface area contributed by atoms with Gasteiger partial charge in [-0.2, -0.15) is 0 Å². The van der Waals surface area contributed by atoms with Gasteiger partial charge in [-0.25, -0.2) is 4.98 Å². The molecule has 0 unspecified atom stereocenters. The van der Waals surface area contributed by atoms with E-state index in [0.717, 1.165) is 61.0 Å². The van der Waals surface area contributed by atoms with Crippen LogP contribution in [0.25, 0.3) is 4.85 Å². The van der Waals surface area contributed by atoms with Gasteiger partial charge in [0.05, 0.1) is 21.4 Å². The molecule has 0 fully saturated rings. The predicted molar refractivity (Wildman–Crippen MR) is 205 cm³/mol.